The summed E-state index contributed by atoms with van der Waals surface area (Å²) in [7, 11) is 0. The highest BCUT2D eigenvalue weighted by molar-refractivity contribution is 6.31. The van der Waals surface area contributed by atoms with Crippen LogP contribution in [0.2, 0.25) is 5.02 Å². The number of ether oxygens (including phenoxy) is 1. The summed E-state index contributed by atoms with van der Waals surface area (Å²) in [6.45, 7) is 1.31. The fourth-order valence-corrected chi connectivity index (χ4v) is 3.66. The minimum Gasteiger partial charge on any atom is -0.481 e. The van der Waals surface area contributed by atoms with Crippen molar-refractivity contribution in [2.24, 2.45) is 11.3 Å². The zero-order valence-electron chi connectivity index (χ0n) is 12.4. The van der Waals surface area contributed by atoms with Crippen LogP contribution in [0.3, 0.4) is 0 Å². The van der Waals surface area contributed by atoms with E-state index in [2.05, 4.69) is 0 Å². The van der Waals surface area contributed by atoms with Crippen LogP contribution < -0.4 is 0 Å². The number of aliphatic carboxylic acids is 1. The Morgan fingerprint density at radius 2 is 2.26 bits per heavy atom. The lowest BCUT2D eigenvalue weighted by Gasteiger charge is -2.33. The number of likely N-dealkylation sites (tertiary alicyclic amines) is 1. The molecule has 23 heavy (non-hydrogen) atoms. The highest BCUT2D eigenvalue weighted by atomic mass is 35.5. The molecule has 2 atom stereocenters. The molecule has 2 fully saturated rings. The normalized spacial score (nSPS) is 26.9. The van der Waals surface area contributed by atoms with E-state index in [0.717, 1.165) is 0 Å². The second-order valence-electron chi connectivity index (χ2n) is 6.17. The second kappa shape index (κ2) is 6.09. The van der Waals surface area contributed by atoms with Gasteiger partial charge >= 0.3 is 5.97 Å². The van der Waals surface area contributed by atoms with Gasteiger partial charge in [-0.05, 0) is 24.1 Å². The molecule has 5 nitrogen and oxygen atoms in total. The zero-order valence-corrected chi connectivity index (χ0v) is 13.2. The van der Waals surface area contributed by atoms with Crippen molar-refractivity contribution < 1.29 is 23.8 Å². The Hall–Kier alpha value is -1.66. The van der Waals surface area contributed by atoms with E-state index in [1.165, 1.54) is 18.2 Å². The molecule has 1 N–H and O–H groups in total. The van der Waals surface area contributed by atoms with Gasteiger partial charge in [0.25, 0.3) is 0 Å². The highest BCUT2D eigenvalue weighted by Gasteiger charge is 2.54. The summed E-state index contributed by atoms with van der Waals surface area (Å²) in [5, 5.41) is 9.81. The van der Waals surface area contributed by atoms with Crippen LogP contribution in [0.5, 0.6) is 0 Å². The van der Waals surface area contributed by atoms with Gasteiger partial charge in [0.15, 0.2) is 0 Å². The Kier molecular flexibility index (Phi) is 4.29. The average Bonchev–Trinajstić information content (AvgIpc) is 2.91. The third-order valence-electron chi connectivity index (χ3n) is 4.84. The molecule has 3 rings (SSSR count). The van der Waals surface area contributed by atoms with Crippen molar-refractivity contribution >= 4 is 23.5 Å². The first kappa shape index (κ1) is 16.2. The fraction of sp³-hybridized carbons (Fsp3) is 0.500. The van der Waals surface area contributed by atoms with Gasteiger partial charge in [0.2, 0.25) is 5.91 Å². The van der Waals surface area contributed by atoms with Crippen LogP contribution in [0.15, 0.2) is 18.2 Å². The van der Waals surface area contributed by atoms with Crippen LogP contribution in [-0.4, -0.2) is 48.2 Å². The maximum absolute atomic E-state index is 13.1. The van der Waals surface area contributed by atoms with E-state index in [1.807, 2.05) is 0 Å². The number of rotatable bonds is 3. The quantitative estimate of drug-likeness (QED) is 0.912. The lowest BCUT2D eigenvalue weighted by Crippen LogP contribution is -2.45. The van der Waals surface area contributed by atoms with Crippen molar-refractivity contribution in [2.45, 2.75) is 12.8 Å². The molecule has 0 radical (unpaired) electrons. The standard InChI is InChI=1S/C16H17ClFNO4/c17-13-6-12(18)2-1-10(13)5-14(20)19-7-11-8-23-4-3-16(11,9-19)15(21)22/h1-2,6,11H,3-5,7-9H2,(H,21,22)/t11-,16+/m0/s1. The van der Waals surface area contributed by atoms with Gasteiger partial charge in [0, 0.05) is 30.6 Å². The number of carboxylic acids is 1. The number of amides is 1. The fourth-order valence-electron chi connectivity index (χ4n) is 3.43. The highest BCUT2D eigenvalue weighted by Crippen LogP contribution is 2.42. The average molecular weight is 342 g/mol. The SMILES string of the molecule is O=C(Cc1ccc(F)cc1Cl)N1C[C@H]2COCC[C@@]2(C(=O)O)C1. The molecule has 1 amide bonds. The van der Waals surface area contributed by atoms with Gasteiger partial charge in [0.05, 0.1) is 18.4 Å². The van der Waals surface area contributed by atoms with E-state index >= 15 is 0 Å². The van der Waals surface area contributed by atoms with E-state index in [4.69, 9.17) is 16.3 Å². The van der Waals surface area contributed by atoms with Crippen molar-refractivity contribution in [3.8, 4) is 0 Å². The smallest absolute Gasteiger partial charge is 0.311 e. The predicted octanol–water partition coefficient (Wildman–Crippen LogP) is 1.97. The number of hydrogen-bond acceptors (Lipinski definition) is 3. The predicted molar refractivity (Wildman–Crippen MR) is 80.7 cm³/mol. The van der Waals surface area contributed by atoms with E-state index < -0.39 is 17.2 Å². The lowest BCUT2D eigenvalue weighted by atomic mass is 9.74. The number of carbonyl (C=O) groups excluding carboxylic acids is 1. The summed E-state index contributed by atoms with van der Waals surface area (Å²) in [6, 6.07) is 3.90. The first-order chi connectivity index (χ1) is 10.9. The molecule has 2 aliphatic heterocycles. The van der Waals surface area contributed by atoms with Crippen LogP contribution >= 0.6 is 11.6 Å². The Balaban J connectivity index is 1.75. The lowest BCUT2D eigenvalue weighted by molar-refractivity contribution is -0.157. The van der Waals surface area contributed by atoms with Crippen LogP contribution in [0, 0.1) is 17.2 Å². The number of hydrogen-bond donors (Lipinski definition) is 1. The first-order valence-corrected chi connectivity index (χ1v) is 7.83. The molecule has 2 saturated heterocycles. The van der Waals surface area contributed by atoms with Gasteiger partial charge in [-0.2, -0.15) is 0 Å². The van der Waals surface area contributed by atoms with Crippen molar-refractivity contribution in [3.63, 3.8) is 0 Å². The van der Waals surface area contributed by atoms with Gasteiger partial charge in [-0.1, -0.05) is 17.7 Å². The molecular formula is C16H17ClFNO4. The largest absolute Gasteiger partial charge is 0.481 e. The second-order valence-corrected chi connectivity index (χ2v) is 6.58. The maximum atomic E-state index is 13.1. The van der Waals surface area contributed by atoms with Gasteiger partial charge in [-0.25, -0.2) is 4.39 Å². The summed E-state index contributed by atoms with van der Waals surface area (Å²) >= 11 is 5.96. The summed E-state index contributed by atoms with van der Waals surface area (Å²) < 4.78 is 18.4. The zero-order chi connectivity index (χ0) is 16.6. The summed E-state index contributed by atoms with van der Waals surface area (Å²) in [4.78, 5) is 25.8. The minimum absolute atomic E-state index is 0.0301. The van der Waals surface area contributed by atoms with Gasteiger partial charge in [-0.3, -0.25) is 9.59 Å². The Morgan fingerprint density at radius 1 is 1.48 bits per heavy atom. The first-order valence-electron chi connectivity index (χ1n) is 7.45. The molecule has 0 spiro atoms. The van der Waals surface area contributed by atoms with Crippen molar-refractivity contribution in [3.05, 3.63) is 34.6 Å². The molecule has 0 aliphatic carbocycles. The third kappa shape index (κ3) is 2.93. The Bertz CT molecular complexity index is 653. The maximum Gasteiger partial charge on any atom is 0.311 e. The molecular weight excluding hydrogens is 325 g/mol. The van der Waals surface area contributed by atoms with Gasteiger partial charge in [0.1, 0.15) is 5.82 Å². The summed E-state index contributed by atoms with van der Waals surface area (Å²) in [5.74, 6) is -1.73. The van der Waals surface area contributed by atoms with E-state index in [1.54, 1.807) is 4.90 Å². The molecule has 0 saturated carbocycles. The Labute approximate surface area is 138 Å². The number of halogens is 2. The van der Waals surface area contributed by atoms with Crippen LogP contribution in [0.25, 0.3) is 0 Å². The van der Waals surface area contributed by atoms with Crippen LogP contribution in [0.4, 0.5) is 4.39 Å². The van der Waals surface area contributed by atoms with Crippen molar-refractivity contribution in [1.82, 2.24) is 4.90 Å². The monoisotopic (exact) mass is 341 g/mol. The van der Waals surface area contributed by atoms with Crippen LogP contribution in [0.1, 0.15) is 12.0 Å². The molecule has 0 unspecified atom stereocenters. The molecule has 124 valence electrons. The minimum atomic E-state index is -0.916. The van der Waals surface area contributed by atoms with Crippen LogP contribution in [-0.2, 0) is 20.7 Å². The van der Waals surface area contributed by atoms with E-state index in [0.29, 0.717) is 31.7 Å². The molecule has 1 aromatic rings. The van der Waals surface area contributed by atoms with Crippen molar-refractivity contribution in [2.75, 3.05) is 26.3 Å². The molecule has 2 heterocycles. The Morgan fingerprint density at radius 3 is 2.91 bits per heavy atom. The summed E-state index contributed by atoms with van der Waals surface area (Å²) in [6.07, 6.45) is 0.441. The number of fused-ring (bicyclic) bond motifs is 1. The van der Waals surface area contributed by atoms with Crippen molar-refractivity contribution in [1.29, 1.82) is 0 Å². The molecule has 1 aromatic carbocycles. The molecule has 0 bridgehead atoms. The summed E-state index contributed by atoms with van der Waals surface area (Å²) in [5.41, 5.74) is -0.380. The number of nitrogens with zero attached hydrogens (tertiary/aromatic N) is 1. The third-order valence-corrected chi connectivity index (χ3v) is 5.19. The molecule has 2 aliphatic rings. The van der Waals surface area contributed by atoms with Gasteiger partial charge in [-0.15, -0.1) is 0 Å². The number of carbonyl (C=O) groups is 2. The van der Waals surface area contributed by atoms with E-state index in [-0.39, 0.29) is 29.8 Å². The molecule has 0 aromatic heterocycles. The van der Waals surface area contributed by atoms with Gasteiger partial charge < -0.3 is 14.7 Å². The van der Waals surface area contributed by atoms with E-state index in [9.17, 15) is 19.1 Å². The topological polar surface area (TPSA) is 66.8 Å². The molecule has 7 heteroatoms. The number of benzene rings is 1. The number of carboxylic acid groups (broad SMARTS) is 1.